The van der Waals surface area contributed by atoms with Gasteiger partial charge in [0.05, 0.1) is 13.7 Å². The fraction of sp³-hybridized carbons (Fsp3) is 0.609. The van der Waals surface area contributed by atoms with E-state index in [-0.39, 0.29) is 17.7 Å². The van der Waals surface area contributed by atoms with Gasteiger partial charge in [0.1, 0.15) is 5.84 Å². The summed E-state index contributed by atoms with van der Waals surface area (Å²) in [5.41, 5.74) is 7.45. The van der Waals surface area contributed by atoms with E-state index >= 15 is 0 Å². The summed E-state index contributed by atoms with van der Waals surface area (Å²) in [4.78, 5) is 30.7. The number of piperazine rings is 1. The predicted octanol–water partition coefficient (Wildman–Crippen LogP) is 0.482. The van der Waals surface area contributed by atoms with Gasteiger partial charge in [0, 0.05) is 70.0 Å². The normalized spacial score (nSPS) is 22.4. The summed E-state index contributed by atoms with van der Waals surface area (Å²) >= 11 is 0. The van der Waals surface area contributed by atoms with Crippen LogP contribution in [0.3, 0.4) is 0 Å². The number of nitrogens with one attached hydrogen (secondary N) is 2. The van der Waals surface area contributed by atoms with Crippen LogP contribution in [0.15, 0.2) is 24.3 Å². The van der Waals surface area contributed by atoms with Crippen molar-refractivity contribution < 1.29 is 14.3 Å². The molecule has 0 radical (unpaired) electrons. The van der Waals surface area contributed by atoms with Crippen LogP contribution in [0, 0.1) is 11.3 Å². The average Bonchev–Trinajstić information content (AvgIpc) is 2.82. The van der Waals surface area contributed by atoms with Crippen LogP contribution < -0.4 is 16.0 Å². The van der Waals surface area contributed by atoms with Gasteiger partial charge in [-0.1, -0.05) is 0 Å². The molecule has 2 heterocycles. The van der Waals surface area contributed by atoms with Crippen LogP contribution in [0.4, 0.5) is 5.69 Å². The summed E-state index contributed by atoms with van der Waals surface area (Å²) in [5.74, 6) is 0.278. The number of carbonyl (C=O) groups excluding carboxylic acids is 2. The molecule has 1 amide bonds. The summed E-state index contributed by atoms with van der Waals surface area (Å²) < 4.78 is 4.84. The minimum Gasteiger partial charge on any atom is -0.468 e. The first-order valence-corrected chi connectivity index (χ1v) is 11.3. The molecule has 1 aromatic rings. The second kappa shape index (κ2) is 11.3. The minimum absolute atomic E-state index is 0.0627. The van der Waals surface area contributed by atoms with Crippen LogP contribution in [0.25, 0.3) is 0 Å². The molecule has 0 bridgehead atoms. The van der Waals surface area contributed by atoms with Crippen LogP contribution in [-0.2, 0) is 14.3 Å². The highest BCUT2D eigenvalue weighted by atomic mass is 16.5. The lowest BCUT2D eigenvalue weighted by molar-refractivity contribution is -0.142. The van der Waals surface area contributed by atoms with Gasteiger partial charge in [-0.25, -0.2) is 0 Å². The molecule has 2 atom stereocenters. The Bertz CT molecular complexity index is 791. The van der Waals surface area contributed by atoms with Crippen molar-refractivity contribution in [2.24, 2.45) is 11.7 Å². The first kappa shape index (κ1) is 24.0. The second-order valence-corrected chi connectivity index (χ2v) is 8.62. The molecule has 2 fully saturated rings. The number of hydrogen-bond acceptors (Lipinski definition) is 7. The first-order valence-electron chi connectivity index (χ1n) is 11.3. The number of nitrogens with two attached hydrogens (primary N) is 1. The number of amidine groups is 1. The van der Waals surface area contributed by atoms with Gasteiger partial charge in [-0.15, -0.1) is 0 Å². The molecule has 32 heavy (non-hydrogen) atoms. The number of piperidine rings is 1. The zero-order chi connectivity index (χ0) is 23.1. The van der Waals surface area contributed by atoms with Crippen LogP contribution in [-0.4, -0.2) is 93.5 Å². The van der Waals surface area contributed by atoms with Crippen molar-refractivity contribution in [3.63, 3.8) is 0 Å². The van der Waals surface area contributed by atoms with E-state index in [4.69, 9.17) is 15.9 Å². The molecule has 0 aliphatic carbocycles. The van der Waals surface area contributed by atoms with Crippen molar-refractivity contribution in [1.29, 1.82) is 5.41 Å². The van der Waals surface area contributed by atoms with Gasteiger partial charge >= 0.3 is 5.97 Å². The highest BCUT2D eigenvalue weighted by Gasteiger charge is 2.35. The molecule has 9 nitrogen and oxygen atoms in total. The van der Waals surface area contributed by atoms with Crippen molar-refractivity contribution in [1.82, 2.24) is 15.1 Å². The Kier molecular flexibility index (Phi) is 8.46. The lowest BCUT2D eigenvalue weighted by atomic mass is 9.86. The highest BCUT2D eigenvalue weighted by Crippen LogP contribution is 2.28. The van der Waals surface area contributed by atoms with E-state index in [1.54, 1.807) is 7.05 Å². The molecule has 9 heteroatoms. The number of anilines is 1. The lowest BCUT2D eigenvalue weighted by Gasteiger charge is -2.47. The Balaban J connectivity index is 1.60. The number of rotatable bonds is 8. The van der Waals surface area contributed by atoms with Crippen molar-refractivity contribution in [2.75, 3.05) is 64.9 Å². The van der Waals surface area contributed by atoms with Crippen LogP contribution in [0.1, 0.15) is 24.8 Å². The van der Waals surface area contributed by atoms with Gasteiger partial charge < -0.3 is 20.7 Å². The van der Waals surface area contributed by atoms with E-state index in [1.807, 2.05) is 24.3 Å². The molecule has 1 aromatic carbocycles. The van der Waals surface area contributed by atoms with Crippen LogP contribution >= 0.6 is 0 Å². The maximum absolute atomic E-state index is 11.9. The van der Waals surface area contributed by atoms with E-state index in [0.717, 1.165) is 63.4 Å². The van der Waals surface area contributed by atoms with Crippen molar-refractivity contribution in [2.45, 2.75) is 25.3 Å². The number of amides is 1. The van der Waals surface area contributed by atoms with E-state index in [2.05, 4.69) is 20.0 Å². The monoisotopic (exact) mass is 444 g/mol. The summed E-state index contributed by atoms with van der Waals surface area (Å²) in [7, 11) is 3.09. The largest absolute Gasteiger partial charge is 0.468 e. The van der Waals surface area contributed by atoms with Gasteiger partial charge in [-0.05, 0) is 43.0 Å². The maximum atomic E-state index is 11.9. The molecule has 176 valence electrons. The minimum atomic E-state index is -0.210. The molecule has 0 saturated carbocycles. The number of nitrogen functional groups attached to an aromatic ring is 1. The fourth-order valence-corrected chi connectivity index (χ4v) is 4.86. The standard InChI is InChI=1S/C23H36N6O3/c1-26-21(30)8-5-18-15-27(16-22(31)32-2)10-9-20(18)29-13-11-28(12-14-29)19-6-3-17(4-7-19)23(24)25/h3-4,6-7,18,20H,5,8-16H2,1-2H3,(H3,24,25)(H,26,30). The molecule has 2 aliphatic rings. The molecule has 3 rings (SSSR count). The Morgan fingerprint density at radius 2 is 1.84 bits per heavy atom. The van der Waals surface area contributed by atoms with Gasteiger partial charge in [0.25, 0.3) is 0 Å². The van der Waals surface area contributed by atoms with Gasteiger partial charge in [-0.2, -0.15) is 0 Å². The number of likely N-dealkylation sites (tertiary alicyclic amines) is 1. The topological polar surface area (TPSA) is 115 Å². The highest BCUT2D eigenvalue weighted by molar-refractivity contribution is 5.95. The quantitative estimate of drug-likeness (QED) is 0.304. The third kappa shape index (κ3) is 6.20. The summed E-state index contributed by atoms with van der Waals surface area (Å²) in [6.07, 6.45) is 2.31. The third-order valence-corrected chi connectivity index (χ3v) is 6.71. The predicted molar refractivity (Wildman–Crippen MR) is 125 cm³/mol. The number of esters is 1. The van der Waals surface area contributed by atoms with Gasteiger partial charge in [0.15, 0.2) is 0 Å². The number of nitrogens with zero attached hydrogens (tertiary/aromatic N) is 3. The number of ether oxygens (including phenoxy) is 1. The molecular formula is C23H36N6O3. The Morgan fingerprint density at radius 3 is 2.44 bits per heavy atom. The van der Waals surface area contributed by atoms with E-state index in [1.165, 1.54) is 7.11 Å². The van der Waals surface area contributed by atoms with E-state index in [9.17, 15) is 9.59 Å². The average molecular weight is 445 g/mol. The zero-order valence-corrected chi connectivity index (χ0v) is 19.2. The zero-order valence-electron chi connectivity index (χ0n) is 19.2. The van der Waals surface area contributed by atoms with Crippen LogP contribution in [0.5, 0.6) is 0 Å². The van der Waals surface area contributed by atoms with E-state index < -0.39 is 0 Å². The Hall–Kier alpha value is -2.65. The first-order chi connectivity index (χ1) is 15.4. The number of carbonyl (C=O) groups is 2. The third-order valence-electron chi connectivity index (χ3n) is 6.71. The molecule has 2 aliphatic heterocycles. The molecule has 0 aromatic heterocycles. The summed E-state index contributed by atoms with van der Waals surface area (Å²) in [6.45, 7) is 5.78. The molecular weight excluding hydrogens is 408 g/mol. The van der Waals surface area contributed by atoms with Crippen molar-refractivity contribution in [3.8, 4) is 0 Å². The van der Waals surface area contributed by atoms with Crippen LogP contribution in [0.2, 0.25) is 0 Å². The number of methoxy groups -OCH3 is 1. The van der Waals surface area contributed by atoms with E-state index in [0.29, 0.717) is 24.9 Å². The van der Waals surface area contributed by atoms with Gasteiger partial charge in [0.2, 0.25) is 5.91 Å². The smallest absolute Gasteiger partial charge is 0.319 e. The van der Waals surface area contributed by atoms with Gasteiger partial charge in [-0.3, -0.25) is 24.8 Å². The molecule has 4 N–H and O–H groups in total. The maximum Gasteiger partial charge on any atom is 0.319 e. The summed E-state index contributed by atoms with van der Waals surface area (Å²) in [5, 5.41) is 10.3. The van der Waals surface area contributed by atoms with Crippen molar-refractivity contribution >= 4 is 23.4 Å². The number of hydrogen-bond donors (Lipinski definition) is 3. The SMILES string of the molecule is CNC(=O)CCC1CN(CC(=O)OC)CCC1N1CCN(c2ccc(C(=N)N)cc2)CC1. The van der Waals surface area contributed by atoms with Crippen molar-refractivity contribution in [3.05, 3.63) is 29.8 Å². The Labute approximate surface area is 190 Å². The number of benzene rings is 1. The molecule has 0 spiro atoms. The molecule has 2 unspecified atom stereocenters. The second-order valence-electron chi connectivity index (χ2n) is 8.62. The summed E-state index contributed by atoms with van der Waals surface area (Å²) in [6, 6.07) is 8.27. The lowest BCUT2D eigenvalue weighted by Crippen LogP contribution is -2.57. The Morgan fingerprint density at radius 1 is 1.16 bits per heavy atom. The molecule has 2 saturated heterocycles. The fourth-order valence-electron chi connectivity index (χ4n) is 4.86.